The molecule has 1 aliphatic rings. The zero-order valence-corrected chi connectivity index (χ0v) is 16.8. The van der Waals surface area contributed by atoms with Crippen LogP contribution >= 0.6 is 0 Å². The predicted molar refractivity (Wildman–Crippen MR) is 114 cm³/mol. The normalized spacial score (nSPS) is 21.3. The van der Waals surface area contributed by atoms with Gasteiger partial charge in [0.2, 0.25) is 0 Å². The van der Waals surface area contributed by atoms with Gasteiger partial charge in [0.1, 0.15) is 5.82 Å². The Labute approximate surface area is 175 Å². The molecule has 0 saturated heterocycles. The average Bonchev–Trinajstić information content (AvgIpc) is 2.79. The maximum atomic E-state index is 15.0. The summed E-state index contributed by atoms with van der Waals surface area (Å²) in [4.78, 5) is 0. The fourth-order valence-corrected chi connectivity index (χ4v) is 4.28. The van der Waals surface area contributed by atoms with Crippen molar-refractivity contribution < 1.29 is 9.87 Å². The molecule has 28 heavy (non-hydrogen) atoms. The largest absolute Gasteiger partial charge is 0.206 e. The van der Waals surface area contributed by atoms with Crippen LogP contribution in [0.3, 0.4) is 0 Å². The number of nitriles is 1. The molecule has 0 aromatic heterocycles. The Balaban J connectivity index is 1.66. The van der Waals surface area contributed by atoms with E-state index < -0.39 is 17.9 Å². The molecule has 1 saturated carbocycles. The van der Waals surface area contributed by atoms with Crippen LogP contribution in [0.15, 0.2) is 42.4 Å². The molecule has 0 heterocycles. The summed E-state index contributed by atoms with van der Waals surface area (Å²) in [7, 11) is 0. The van der Waals surface area contributed by atoms with Gasteiger partial charge in [-0.25, -0.2) is 4.39 Å². The highest BCUT2D eigenvalue weighted by molar-refractivity contribution is 5.65. The predicted octanol–water partition coefficient (Wildman–Crippen LogP) is 7.68. The molecule has 2 aromatic rings. The van der Waals surface area contributed by atoms with E-state index in [1.807, 2.05) is 6.07 Å². The lowest BCUT2D eigenvalue weighted by Crippen LogP contribution is -2.15. The van der Waals surface area contributed by atoms with Gasteiger partial charge in [-0.05, 0) is 54.0 Å². The SMILES string of the molecule is [2H]c1c([2H])c(-c2ccc(CCC3CCC(CCCCC)CC3)cc2F)c([2H])c([2H])c1C#N. The summed E-state index contributed by atoms with van der Waals surface area (Å²) < 4.78 is 47.1. The molecule has 0 amide bonds. The van der Waals surface area contributed by atoms with Crippen LogP contribution in [-0.4, -0.2) is 0 Å². The highest BCUT2D eigenvalue weighted by Crippen LogP contribution is 2.34. The second kappa shape index (κ2) is 10.4. The van der Waals surface area contributed by atoms with Gasteiger partial charge in [-0.15, -0.1) is 0 Å². The molecule has 2 heteroatoms. The molecule has 1 nitrogen and oxygen atoms in total. The van der Waals surface area contributed by atoms with Gasteiger partial charge in [0.15, 0.2) is 0 Å². The zero-order chi connectivity index (χ0) is 23.3. The molecule has 1 fully saturated rings. The third kappa shape index (κ3) is 5.68. The molecule has 0 unspecified atom stereocenters. The number of hydrogen-bond donors (Lipinski definition) is 0. The lowest BCUT2D eigenvalue weighted by molar-refractivity contribution is 0.249. The van der Waals surface area contributed by atoms with Crippen LogP contribution in [0, 0.1) is 29.0 Å². The van der Waals surface area contributed by atoms with Crippen molar-refractivity contribution in [3.8, 4) is 17.2 Å². The molecular formula is C26H32FN. The molecule has 0 radical (unpaired) electrons. The first kappa shape index (κ1) is 15.7. The van der Waals surface area contributed by atoms with Crippen LogP contribution < -0.4 is 0 Å². The molecule has 0 N–H and O–H groups in total. The fourth-order valence-electron chi connectivity index (χ4n) is 4.28. The lowest BCUT2D eigenvalue weighted by Gasteiger charge is -2.28. The summed E-state index contributed by atoms with van der Waals surface area (Å²) in [6.07, 6.45) is 12.3. The maximum absolute atomic E-state index is 15.0. The Hall–Kier alpha value is -2.14. The minimum atomic E-state index is -0.548. The topological polar surface area (TPSA) is 23.8 Å². The van der Waals surface area contributed by atoms with E-state index in [1.165, 1.54) is 57.4 Å². The first-order chi connectivity index (χ1) is 15.4. The van der Waals surface area contributed by atoms with Crippen molar-refractivity contribution in [2.24, 2.45) is 11.8 Å². The number of halogens is 1. The van der Waals surface area contributed by atoms with E-state index in [1.54, 1.807) is 12.1 Å². The number of nitrogens with zero attached hydrogens (tertiary/aromatic N) is 1. The molecule has 1 aliphatic carbocycles. The van der Waals surface area contributed by atoms with Gasteiger partial charge in [0, 0.05) is 5.56 Å². The smallest absolute Gasteiger partial charge is 0.131 e. The number of aryl methyl sites for hydroxylation is 1. The monoisotopic (exact) mass is 381 g/mol. The fraction of sp³-hybridized carbons (Fsp3) is 0.500. The summed E-state index contributed by atoms with van der Waals surface area (Å²) in [6, 6.07) is 4.89. The number of hydrogen-bond acceptors (Lipinski definition) is 1. The van der Waals surface area contributed by atoms with E-state index in [0.29, 0.717) is 5.92 Å². The van der Waals surface area contributed by atoms with Crippen molar-refractivity contribution in [1.29, 1.82) is 5.26 Å². The van der Waals surface area contributed by atoms with Crippen molar-refractivity contribution in [3.05, 3.63) is 59.3 Å². The minimum Gasteiger partial charge on any atom is -0.206 e. The Bertz CT molecular complexity index is 961. The summed E-state index contributed by atoms with van der Waals surface area (Å²) in [5.74, 6) is 1.02. The van der Waals surface area contributed by atoms with Gasteiger partial charge in [0.25, 0.3) is 0 Å². The minimum absolute atomic E-state index is 0.0443. The molecule has 2 aromatic carbocycles. The number of benzene rings is 2. The van der Waals surface area contributed by atoms with Gasteiger partial charge in [-0.1, -0.05) is 82.5 Å². The van der Waals surface area contributed by atoms with E-state index in [2.05, 4.69) is 6.92 Å². The Kier molecular flexibility index (Phi) is 5.86. The third-order valence-electron chi connectivity index (χ3n) is 6.06. The van der Waals surface area contributed by atoms with E-state index in [0.717, 1.165) is 24.3 Å². The van der Waals surface area contributed by atoms with Crippen molar-refractivity contribution >= 4 is 0 Å². The molecule has 148 valence electrons. The van der Waals surface area contributed by atoms with Crippen LogP contribution in [0.25, 0.3) is 11.1 Å². The van der Waals surface area contributed by atoms with Crippen LogP contribution in [0.4, 0.5) is 4.39 Å². The van der Waals surface area contributed by atoms with E-state index in [9.17, 15) is 4.39 Å². The lowest BCUT2D eigenvalue weighted by atomic mass is 9.78. The standard InChI is InChI=1S/C26H32FN/c1-2-3-4-5-20-6-8-21(9-7-20)10-11-22-14-17-25(26(27)18-22)24-15-12-23(19-28)13-16-24/h12-18,20-21H,2-11H2,1H3/i12D,13D,15D,16D. The highest BCUT2D eigenvalue weighted by atomic mass is 19.1. The average molecular weight is 382 g/mol. The molecule has 0 spiro atoms. The van der Waals surface area contributed by atoms with Crippen molar-refractivity contribution in [2.45, 2.75) is 71.1 Å². The summed E-state index contributed by atoms with van der Waals surface area (Å²) in [5, 5.41) is 9.10. The summed E-state index contributed by atoms with van der Waals surface area (Å²) >= 11 is 0. The van der Waals surface area contributed by atoms with Crippen molar-refractivity contribution in [3.63, 3.8) is 0 Å². The molecule has 3 rings (SSSR count). The van der Waals surface area contributed by atoms with Gasteiger partial charge < -0.3 is 0 Å². The second-order valence-electron chi connectivity index (χ2n) is 8.10. The maximum Gasteiger partial charge on any atom is 0.131 e. The van der Waals surface area contributed by atoms with Crippen LogP contribution in [0.5, 0.6) is 0 Å². The molecule has 0 atom stereocenters. The van der Waals surface area contributed by atoms with Gasteiger partial charge in [-0.3, -0.25) is 0 Å². The Morgan fingerprint density at radius 2 is 1.71 bits per heavy atom. The Morgan fingerprint density at radius 1 is 1.04 bits per heavy atom. The second-order valence-corrected chi connectivity index (χ2v) is 8.10. The molecule has 0 bridgehead atoms. The third-order valence-corrected chi connectivity index (χ3v) is 6.06. The first-order valence-corrected chi connectivity index (χ1v) is 10.7. The van der Waals surface area contributed by atoms with Crippen LogP contribution in [-0.2, 0) is 6.42 Å². The zero-order valence-electron chi connectivity index (χ0n) is 20.8. The molecule has 0 aliphatic heterocycles. The number of rotatable bonds is 8. The highest BCUT2D eigenvalue weighted by Gasteiger charge is 2.20. The van der Waals surface area contributed by atoms with E-state index in [-0.39, 0.29) is 28.8 Å². The van der Waals surface area contributed by atoms with Crippen molar-refractivity contribution in [1.82, 2.24) is 0 Å². The first-order valence-electron chi connectivity index (χ1n) is 12.7. The van der Waals surface area contributed by atoms with Crippen LogP contribution in [0.2, 0.25) is 0 Å². The Morgan fingerprint density at radius 3 is 2.32 bits per heavy atom. The number of unbranched alkanes of at least 4 members (excludes halogenated alkanes) is 2. The quantitative estimate of drug-likeness (QED) is 0.430. The van der Waals surface area contributed by atoms with Gasteiger partial charge in [0.05, 0.1) is 17.1 Å². The van der Waals surface area contributed by atoms with Gasteiger partial charge >= 0.3 is 0 Å². The van der Waals surface area contributed by atoms with E-state index >= 15 is 0 Å². The van der Waals surface area contributed by atoms with E-state index in [4.69, 9.17) is 10.7 Å². The van der Waals surface area contributed by atoms with Gasteiger partial charge in [-0.2, -0.15) is 5.26 Å². The summed E-state index contributed by atoms with van der Waals surface area (Å²) in [6.45, 7) is 2.24. The van der Waals surface area contributed by atoms with Crippen LogP contribution in [0.1, 0.15) is 81.3 Å². The molecular weight excluding hydrogens is 345 g/mol. The summed E-state index contributed by atoms with van der Waals surface area (Å²) in [5.41, 5.74) is 0.522. The van der Waals surface area contributed by atoms with Crippen molar-refractivity contribution in [2.75, 3.05) is 0 Å².